The van der Waals surface area contributed by atoms with E-state index >= 15 is 0 Å². The normalized spacial score (nSPS) is 12.3. The van der Waals surface area contributed by atoms with Crippen LogP contribution in [0.3, 0.4) is 0 Å². The molecule has 37 heteroatoms. The number of hydrogen-bond donors (Lipinski definition) is 7. The van der Waals surface area contributed by atoms with E-state index in [9.17, 15) is 54.6 Å². The number of para-hydroxylation sites is 3. The summed E-state index contributed by atoms with van der Waals surface area (Å²) in [6.45, 7) is 22.9. The fraction of sp³-hybridized carbons (Fsp3) is 0.308. The molecule has 1 fully saturated rings. The zero-order valence-electron chi connectivity index (χ0n) is 81.1. The fourth-order valence-corrected chi connectivity index (χ4v) is 20.2. The Morgan fingerprint density at radius 2 is 0.865 bits per heavy atom. The van der Waals surface area contributed by atoms with Gasteiger partial charge in [-0.1, -0.05) is 114 Å². The number of pyridine rings is 1. The minimum absolute atomic E-state index is 0.0118. The van der Waals surface area contributed by atoms with Gasteiger partial charge in [0.2, 0.25) is 26.0 Å². The van der Waals surface area contributed by atoms with Gasteiger partial charge in [-0.15, -0.1) is 0 Å². The number of amides is 4. The molecule has 1 saturated heterocycles. The Hall–Kier alpha value is -13.3. The Labute approximate surface area is 834 Å². The maximum absolute atomic E-state index is 14.2. The lowest BCUT2D eigenvalue weighted by molar-refractivity contribution is -0.129. The highest BCUT2D eigenvalue weighted by atomic mass is 35.5. The van der Waals surface area contributed by atoms with Gasteiger partial charge in [-0.3, -0.25) is 38.2 Å². The van der Waals surface area contributed by atoms with E-state index in [4.69, 9.17) is 58.8 Å². The predicted molar refractivity (Wildman–Crippen MR) is 550 cm³/mol. The van der Waals surface area contributed by atoms with Gasteiger partial charge >= 0.3 is 0 Å². The van der Waals surface area contributed by atoms with Gasteiger partial charge in [0.1, 0.15) is 52.4 Å². The molecule has 8 aromatic carbocycles. The van der Waals surface area contributed by atoms with Crippen molar-refractivity contribution >= 4 is 127 Å². The first-order valence-electron chi connectivity index (χ1n) is 45.8. The second kappa shape index (κ2) is 44.2. The van der Waals surface area contributed by atoms with Crippen molar-refractivity contribution < 1.29 is 73.6 Å². The third-order valence-electron chi connectivity index (χ3n) is 25.0. The molecule has 15 aromatic rings. The molecule has 0 bridgehead atoms. The van der Waals surface area contributed by atoms with Gasteiger partial charge < -0.3 is 53.5 Å². The molecule has 1 aliphatic rings. The number of piperazine rings is 1. The summed E-state index contributed by atoms with van der Waals surface area (Å²) in [6.07, 6.45) is 8.31. The van der Waals surface area contributed by atoms with Crippen LogP contribution in [-0.2, 0) is 102 Å². The third kappa shape index (κ3) is 23.8. The number of fused-ring (bicyclic) bond motifs is 3. The summed E-state index contributed by atoms with van der Waals surface area (Å²) in [4.78, 5) is 67.5. The van der Waals surface area contributed by atoms with Crippen LogP contribution in [0, 0.1) is 62.3 Å². The van der Waals surface area contributed by atoms with Crippen molar-refractivity contribution in [1.29, 1.82) is 0 Å². The van der Waals surface area contributed by atoms with E-state index in [0.717, 1.165) is 142 Å². The van der Waals surface area contributed by atoms with Crippen molar-refractivity contribution in [2.45, 2.75) is 139 Å². The Balaban J connectivity index is 0.000000174. The lowest BCUT2D eigenvalue weighted by Gasteiger charge is -2.35. The number of aliphatic hydroxyl groups excluding tert-OH is 2. The molecule has 740 valence electrons. The van der Waals surface area contributed by atoms with Crippen LogP contribution in [0.15, 0.2) is 175 Å². The molecule has 0 aliphatic carbocycles. The first-order chi connectivity index (χ1) is 67.1. The summed E-state index contributed by atoms with van der Waals surface area (Å²) in [7, 11) is -6.32. The lowest BCUT2D eigenvalue weighted by atomic mass is 9.98. The summed E-state index contributed by atoms with van der Waals surface area (Å²) < 4.78 is 113. The van der Waals surface area contributed by atoms with Crippen LogP contribution in [0.5, 0.6) is 23.0 Å². The molecule has 1 aliphatic heterocycles. The zero-order valence-corrected chi connectivity index (χ0v) is 85.8. The second-order valence-corrected chi connectivity index (χ2v) is 41.5. The number of ether oxygens (including phenoxy) is 4. The van der Waals surface area contributed by atoms with Gasteiger partial charge in [-0.2, -0.15) is 15.3 Å². The molecular weight excluding hydrogens is 1920 g/mol. The van der Waals surface area contributed by atoms with E-state index in [0.29, 0.717) is 154 Å². The molecule has 7 aromatic heterocycles. The molecule has 141 heavy (non-hydrogen) atoms. The van der Waals surface area contributed by atoms with Crippen molar-refractivity contribution in [2.24, 2.45) is 21.1 Å². The fourth-order valence-electron chi connectivity index (χ4n) is 18.0. The summed E-state index contributed by atoms with van der Waals surface area (Å²) in [5.41, 5.74) is 21.1. The summed E-state index contributed by atoms with van der Waals surface area (Å²) in [5, 5.41) is 38.2. The first kappa shape index (κ1) is 104. The number of aromatic nitrogens is 10. The summed E-state index contributed by atoms with van der Waals surface area (Å²) in [5.74, 6) is 0.671. The number of anilines is 1. The number of aryl methyl sites for hydroxylation is 12. The van der Waals surface area contributed by atoms with E-state index in [-0.39, 0.29) is 54.2 Å². The van der Waals surface area contributed by atoms with Crippen LogP contribution in [-0.4, -0.2) is 171 Å². The average Bonchev–Trinajstić information content (AvgIpc) is 1.58. The van der Waals surface area contributed by atoms with E-state index in [1.165, 1.54) is 12.1 Å². The number of carbonyl (C=O) groups is 4. The van der Waals surface area contributed by atoms with Crippen LogP contribution in [0.25, 0.3) is 66.1 Å². The molecule has 0 spiro atoms. The number of carbonyl (C=O) groups excluding carboxylic acids is 4. The second-order valence-electron chi connectivity index (χ2n) is 35.2. The number of hydrogen-bond acceptors (Lipinski definition) is 21. The summed E-state index contributed by atoms with van der Waals surface area (Å²) in [6, 6.07) is 48.0. The van der Waals surface area contributed by atoms with E-state index in [1.807, 2.05) is 211 Å². The minimum Gasteiger partial charge on any atom is -0.494 e. The smallest absolute Gasteiger partial charge is 0.281 e. The molecule has 8 heterocycles. The molecule has 4 amide bonds. The largest absolute Gasteiger partial charge is 0.494 e. The number of rotatable bonds is 33. The zero-order chi connectivity index (χ0) is 101. The Kier molecular flexibility index (Phi) is 32.5. The van der Waals surface area contributed by atoms with Gasteiger partial charge in [-0.25, -0.2) is 39.4 Å². The summed E-state index contributed by atoms with van der Waals surface area (Å²) >= 11 is 18.9. The molecule has 0 saturated carbocycles. The maximum Gasteiger partial charge on any atom is 0.281 e. The number of nitrogens with one attached hydrogen (secondary N) is 5. The molecule has 16 rings (SSSR count). The van der Waals surface area contributed by atoms with Crippen molar-refractivity contribution in [2.75, 3.05) is 63.4 Å². The SMILES string of the molecule is CC(=O)N1CCN(c2ccc(OCc3nn(C)c(C)c3-c3cccc4c(CCCOc5cc(C)c(Cl)c(C)c5)c(C(=O)NS(C)(=O)=O)n(Cc5cccnc5)c34)cc2)CC1.Cc1cc(OCCCc2c(C(=O)NS(=O)(=O)c3ccccc3)[nH]c3c(-c4c(CO)nn(C)c4C)cccc23)cc(C)c1Cl.Cc1cc(OCCCc2c(C(=O)NS(C)(=O)=O)[nH]c3c(-c4c(CO)nn(C)c4C)cccc23)cc(C)c1Cl. The van der Waals surface area contributed by atoms with Gasteiger partial charge in [0, 0.05) is 161 Å². The van der Waals surface area contributed by atoms with Crippen LogP contribution in [0.2, 0.25) is 15.1 Å². The first-order valence-corrected chi connectivity index (χ1v) is 52.2. The van der Waals surface area contributed by atoms with Crippen LogP contribution in [0.1, 0.15) is 147 Å². The molecule has 7 N–H and O–H groups in total. The monoisotopic (exact) mass is 2030 g/mol. The van der Waals surface area contributed by atoms with Crippen LogP contribution >= 0.6 is 34.8 Å². The van der Waals surface area contributed by atoms with E-state index in [1.54, 1.807) is 61.0 Å². The molecule has 0 atom stereocenters. The number of aromatic amines is 2. The topological polar surface area (TPSA) is 394 Å². The number of nitrogens with zero attached hydrogens (tertiary/aromatic N) is 10. The number of sulfonamides is 3. The highest BCUT2D eigenvalue weighted by molar-refractivity contribution is 7.90. The molecule has 31 nitrogen and oxygen atoms in total. The molecule has 0 unspecified atom stereocenters. The quantitative estimate of drug-likeness (QED) is 0.0188. The maximum atomic E-state index is 14.2. The van der Waals surface area contributed by atoms with Crippen molar-refractivity contribution in [1.82, 2.24) is 67.9 Å². The number of halogens is 3. The van der Waals surface area contributed by atoms with Gasteiger partial charge in [0.25, 0.3) is 27.7 Å². The number of H-pyrrole nitrogens is 2. The minimum atomic E-state index is -4.11. The van der Waals surface area contributed by atoms with E-state index in [2.05, 4.69) is 44.2 Å². The van der Waals surface area contributed by atoms with Crippen LogP contribution in [0.4, 0.5) is 5.69 Å². The van der Waals surface area contributed by atoms with Gasteiger partial charge in [-0.05, 0) is 235 Å². The predicted octanol–water partition coefficient (Wildman–Crippen LogP) is 17.1. The lowest BCUT2D eigenvalue weighted by Crippen LogP contribution is -2.48. The Morgan fingerprint density at radius 1 is 0.454 bits per heavy atom. The van der Waals surface area contributed by atoms with Crippen molar-refractivity contribution in [3.8, 4) is 56.4 Å². The van der Waals surface area contributed by atoms with Crippen molar-refractivity contribution in [3.63, 3.8) is 0 Å². The average molecular weight is 2030 g/mol. The number of benzene rings is 8. The number of aliphatic hydroxyl groups is 2. The highest BCUT2D eigenvalue weighted by Crippen LogP contribution is 2.43. The Morgan fingerprint density at radius 3 is 1.29 bits per heavy atom. The van der Waals surface area contributed by atoms with Gasteiger partial charge in [0.05, 0.1) is 78.4 Å². The Bertz CT molecular complexity index is 7550. The third-order valence-corrected chi connectivity index (χ3v) is 29.3. The molecular formula is C104H114Cl3N15O16S3. The van der Waals surface area contributed by atoms with Crippen molar-refractivity contribution in [3.05, 3.63) is 292 Å². The van der Waals surface area contributed by atoms with E-state index < -0.39 is 47.8 Å². The van der Waals surface area contributed by atoms with Crippen LogP contribution < -0.4 is 38.0 Å². The standard InChI is InChI=1S/C45H50ClN7O6S.C32H33ClN4O5S.C27H31ClN4O5S/c1-29-24-36(25-30(2)42(29)46)58-23-9-13-38-37-11-7-12-39(43(37)53(27-33-10-8-18-47-26-33)44(38)45(55)49-60(6,56)57)41-31(3)50(5)48-40(41)28-59-35-16-14-34(15-17-35)52-21-19-51(20-22-52)32(4)54;1-19-16-22(17-20(2)29(19)33)42-15-9-14-25-24-12-8-13-26(28-21(3)37(4)35-27(28)18-38)30(24)34-31(25)32(39)36-43(40,41)23-10-6-5-7-11-23;1-15-12-18(13-16(2)24(15)28)37-11-7-10-20-19-8-6-9-21(23-17(3)32(4)30-22(23)14-33)25(19)29-26(20)27(34)31-38(5,35)36/h7-8,10-12,14-18,24-26H,9,13,19-23,27-28H2,1-6H3,(H,49,55);5-8,10-13,16-17,34,38H,9,14-15,18H2,1-4H3,(H,36,39);6,8-9,12-13,29,33H,7,10-11,14H2,1-5H3,(H,31,34). The highest BCUT2D eigenvalue weighted by Gasteiger charge is 2.33. The van der Waals surface area contributed by atoms with Gasteiger partial charge in [0.15, 0.2) is 0 Å². The molecule has 0 radical (unpaired) electrons.